The smallest absolute Gasteiger partial charge is 0.339 e. The Morgan fingerprint density at radius 3 is 2.21 bits per heavy atom. The molecule has 0 atom stereocenters. The van der Waals surface area contributed by atoms with Gasteiger partial charge < -0.3 is 4.18 Å². The fourth-order valence-corrected chi connectivity index (χ4v) is 3.29. The molecule has 3 nitrogen and oxygen atoms in total. The van der Waals surface area contributed by atoms with Gasteiger partial charge in [0.05, 0.1) is 0 Å². The van der Waals surface area contributed by atoms with Crippen LogP contribution in [0.4, 0.5) is 0 Å². The Morgan fingerprint density at radius 1 is 1.00 bits per heavy atom. The molecule has 0 amide bonds. The molecule has 0 unspecified atom stereocenters. The Kier molecular flexibility index (Phi) is 3.96. The summed E-state index contributed by atoms with van der Waals surface area (Å²) >= 11 is 3.24. The third-order valence-electron chi connectivity index (χ3n) is 2.49. The highest BCUT2D eigenvalue weighted by Crippen LogP contribution is 2.23. The van der Waals surface area contributed by atoms with Crippen molar-refractivity contribution in [1.82, 2.24) is 0 Å². The van der Waals surface area contributed by atoms with Crippen molar-refractivity contribution in [3.05, 3.63) is 58.1 Å². The van der Waals surface area contributed by atoms with Gasteiger partial charge in [-0.05, 0) is 55.3 Å². The van der Waals surface area contributed by atoms with Crippen LogP contribution in [0.15, 0.2) is 51.8 Å². The molecule has 0 aliphatic heterocycles. The second-order valence-electron chi connectivity index (χ2n) is 4.32. The zero-order chi connectivity index (χ0) is 14.0. The van der Waals surface area contributed by atoms with Crippen LogP contribution < -0.4 is 4.18 Å². The molecular formula is C14H13BrO3S. The standard InChI is InChI=1S/C14H13BrO3S/c1-10-6-11(2)8-13(7-10)18-19(16,17)14-5-3-4-12(15)9-14/h3-9H,1-2H3. The van der Waals surface area contributed by atoms with E-state index in [9.17, 15) is 8.42 Å². The first-order chi connectivity index (χ1) is 8.87. The zero-order valence-electron chi connectivity index (χ0n) is 10.6. The van der Waals surface area contributed by atoms with Crippen LogP contribution in [-0.2, 0) is 10.1 Å². The number of rotatable bonds is 3. The van der Waals surface area contributed by atoms with Crippen LogP contribution in [0.5, 0.6) is 5.75 Å². The maximum atomic E-state index is 12.1. The summed E-state index contributed by atoms with van der Waals surface area (Å²) < 4.78 is 30.1. The molecule has 0 aliphatic rings. The molecule has 0 saturated heterocycles. The Balaban J connectivity index is 2.36. The number of hydrogen-bond donors (Lipinski definition) is 0. The summed E-state index contributed by atoms with van der Waals surface area (Å²) in [6.07, 6.45) is 0. The van der Waals surface area contributed by atoms with Crippen molar-refractivity contribution < 1.29 is 12.6 Å². The van der Waals surface area contributed by atoms with Gasteiger partial charge in [-0.2, -0.15) is 8.42 Å². The number of hydrogen-bond acceptors (Lipinski definition) is 3. The minimum Gasteiger partial charge on any atom is -0.379 e. The van der Waals surface area contributed by atoms with E-state index in [0.717, 1.165) is 11.1 Å². The normalized spacial score (nSPS) is 11.3. The second-order valence-corrected chi connectivity index (χ2v) is 6.78. The van der Waals surface area contributed by atoms with E-state index in [1.165, 1.54) is 12.1 Å². The SMILES string of the molecule is Cc1cc(C)cc(OS(=O)(=O)c2cccc(Br)c2)c1. The predicted octanol–water partition coefficient (Wildman–Crippen LogP) is 3.83. The summed E-state index contributed by atoms with van der Waals surface area (Å²) in [6, 6.07) is 11.8. The van der Waals surface area contributed by atoms with E-state index in [-0.39, 0.29) is 4.90 Å². The van der Waals surface area contributed by atoms with E-state index < -0.39 is 10.1 Å². The number of aryl methyl sites for hydroxylation is 2. The molecule has 0 fully saturated rings. The van der Waals surface area contributed by atoms with Gasteiger partial charge in [0, 0.05) is 4.47 Å². The molecule has 2 aromatic rings. The van der Waals surface area contributed by atoms with Gasteiger partial charge in [0.25, 0.3) is 0 Å². The van der Waals surface area contributed by atoms with Crippen LogP contribution in [0, 0.1) is 13.8 Å². The lowest BCUT2D eigenvalue weighted by molar-refractivity contribution is 0.485. The van der Waals surface area contributed by atoms with E-state index >= 15 is 0 Å². The monoisotopic (exact) mass is 340 g/mol. The van der Waals surface area contributed by atoms with Crippen LogP contribution in [0.2, 0.25) is 0 Å². The lowest BCUT2D eigenvalue weighted by Crippen LogP contribution is -2.09. The third kappa shape index (κ3) is 3.58. The van der Waals surface area contributed by atoms with E-state index in [1.807, 2.05) is 19.9 Å². The second kappa shape index (κ2) is 5.35. The molecule has 0 aromatic heterocycles. The van der Waals surface area contributed by atoms with Crippen molar-refractivity contribution in [3.63, 3.8) is 0 Å². The van der Waals surface area contributed by atoms with E-state index in [2.05, 4.69) is 15.9 Å². The molecule has 100 valence electrons. The minimum atomic E-state index is -3.80. The van der Waals surface area contributed by atoms with Crippen molar-refractivity contribution in [2.45, 2.75) is 18.7 Å². The summed E-state index contributed by atoms with van der Waals surface area (Å²) in [5.74, 6) is 0.331. The highest BCUT2D eigenvalue weighted by molar-refractivity contribution is 9.10. The van der Waals surface area contributed by atoms with Gasteiger partial charge in [-0.1, -0.05) is 28.1 Å². The van der Waals surface area contributed by atoms with Gasteiger partial charge in [0.15, 0.2) is 0 Å². The van der Waals surface area contributed by atoms with Gasteiger partial charge in [0.2, 0.25) is 0 Å². The van der Waals surface area contributed by atoms with Gasteiger partial charge >= 0.3 is 10.1 Å². The topological polar surface area (TPSA) is 43.4 Å². The largest absolute Gasteiger partial charge is 0.379 e. The molecule has 2 rings (SSSR count). The van der Waals surface area contributed by atoms with Gasteiger partial charge in [-0.15, -0.1) is 0 Å². The molecule has 0 radical (unpaired) electrons. The van der Waals surface area contributed by atoms with E-state index in [1.54, 1.807) is 24.3 Å². The molecule has 0 aliphatic carbocycles. The van der Waals surface area contributed by atoms with Crippen molar-refractivity contribution in [2.75, 3.05) is 0 Å². The first-order valence-electron chi connectivity index (χ1n) is 5.65. The minimum absolute atomic E-state index is 0.126. The summed E-state index contributed by atoms with van der Waals surface area (Å²) in [4.78, 5) is 0.126. The summed E-state index contributed by atoms with van der Waals surface area (Å²) in [5.41, 5.74) is 1.92. The Bertz CT molecular complexity index is 688. The van der Waals surface area contributed by atoms with Gasteiger partial charge in [0.1, 0.15) is 10.6 Å². The molecule has 0 heterocycles. The van der Waals surface area contributed by atoms with Crippen molar-refractivity contribution >= 4 is 26.0 Å². The van der Waals surface area contributed by atoms with Gasteiger partial charge in [-0.3, -0.25) is 0 Å². The number of benzene rings is 2. The Labute approximate surface area is 121 Å². The van der Waals surface area contributed by atoms with Crippen molar-refractivity contribution in [3.8, 4) is 5.75 Å². The predicted molar refractivity (Wildman–Crippen MR) is 77.9 cm³/mol. The quantitative estimate of drug-likeness (QED) is 0.797. The fourth-order valence-electron chi connectivity index (χ4n) is 1.78. The van der Waals surface area contributed by atoms with E-state index in [4.69, 9.17) is 4.18 Å². The average Bonchev–Trinajstić information content (AvgIpc) is 2.26. The molecule has 2 aromatic carbocycles. The van der Waals surface area contributed by atoms with Crippen LogP contribution in [0.25, 0.3) is 0 Å². The third-order valence-corrected chi connectivity index (χ3v) is 4.22. The van der Waals surface area contributed by atoms with Crippen LogP contribution in [0.3, 0.4) is 0 Å². The highest BCUT2D eigenvalue weighted by Gasteiger charge is 2.17. The van der Waals surface area contributed by atoms with Crippen LogP contribution >= 0.6 is 15.9 Å². The first-order valence-corrected chi connectivity index (χ1v) is 7.85. The van der Waals surface area contributed by atoms with Crippen molar-refractivity contribution in [2.24, 2.45) is 0 Å². The molecule has 0 saturated carbocycles. The summed E-state index contributed by atoms with van der Waals surface area (Å²) in [5, 5.41) is 0. The maximum absolute atomic E-state index is 12.1. The first kappa shape index (κ1) is 14.1. The number of halogens is 1. The zero-order valence-corrected chi connectivity index (χ0v) is 13.0. The Morgan fingerprint density at radius 2 is 1.63 bits per heavy atom. The lowest BCUT2D eigenvalue weighted by atomic mass is 10.1. The fraction of sp³-hybridized carbons (Fsp3) is 0.143. The van der Waals surface area contributed by atoms with Crippen LogP contribution in [-0.4, -0.2) is 8.42 Å². The molecule has 5 heteroatoms. The molecule has 0 bridgehead atoms. The Hall–Kier alpha value is -1.33. The highest BCUT2D eigenvalue weighted by atomic mass is 79.9. The molecular weight excluding hydrogens is 328 g/mol. The lowest BCUT2D eigenvalue weighted by Gasteiger charge is -2.09. The average molecular weight is 341 g/mol. The maximum Gasteiger partial charge on any atom is 0.339 e. The van der Waals surface area contributed by atoms with E-state index in [0.29, 0.717) is 10.2 Å². The molecule has 19 heavy (non-hydrogen) atoms. The molecule has 0 N–H and O–H groups in total. The summed E-state index contributed by atoms with van der Waals surface area (Å²) in [6.45, 7) is 3.79. The van der Waals surface area contributed by atoms with Gasteiger partial charge in [-0.25, -0.2) is 0 Å². The van der Waals surface area contributed by atoms with Crippen molar-refractivity contribution in [1.29, 1.82) is 0 Å². The molecule has 0 spiro atoms. The summed E-state index contributed by atoms with van der Waals surface area (Å²) in [7, 11) is -3.80. The van der Waals surface area contributed by atoms with Crippen LogP contribution in [0.1, 0.15) is 11.1 Å².